The molecule has 16 heavy (non-hydrogen) atoms. The molecule has 0 amide bonds. The van der Waals surface area contributed by atoms with Crippen LogP contribution in [-0.4, -0.2) is 21.8 Å². The minimum atomic E-state index is -4.56. The summed E-state index contributed by atoms with van der Waals surface area (Å²) in [6.07, 6.45) is -1.22. The van der Waals surface area contributed by atoms with Crippen LogP contribution in [0.4, 0.5) is 13.2 Å². The molecule has 0 aliphatic heterocycles. The predicted octanol–water partition coefficient (Wildman–Crippen LogP) is 3.63. The summed E-state index contributed by atoms with van der Waals surface area (Å²) in [5, 5.41) is 9.96. The first kappa shape index (κ1) is 12.5. The third-order valence-electron chi connectivity index (χ3n) is 4.18. The second-order valence-corrected chi connectivity index (χ2v) is 5.86. The number of rotatable bonds is 0. The molecule has 2 aliphatic rings. The standard InChI is InChI=1S/C11H16ClF3O/c12-9-5-2-1-4-8(9)10(16,7-3-6-9)11(13,14)15/h8,16H,1-7H2/t8-,9-,10+/m0/s1. The lowest BCUT2D eigenvalue weighted by atomic mass is 9.62. The van der Waals surface area contributed by atoms with E-state index >= 15 is 0 Å². The quantitative estimate of drug-likeness (QED) is 0.656. The van der Waals surface area contributed by atoms with E-state index in [4.69, 9.17) is 11.6 Å². The fraction of sp³-hybridized carbons (Fsp3) is 1.00. The van der Waals surface area contributed by atoms with Gasteiger partial charge in [0.05, 0.1) is 4.87 Å². The molecule has 0 aromatic carbocycles. The van der Waals surface area contributed by atoms with Gasteiger partial charge in [0.2, 0.25) is 0 Å². The van der Waals surface area contributed by atoms with Crippen molar-refractivity contribution in [1.82, 2.24) is 0 Å². The van der Waals surface area contributed by atoms with Crippen molar-refractivity contribution in [3.8, 4) is 0 Å². The van der Waals surface area contributed by atoms with Crippen molar-refractivity contribution < 1.29 is 18.3 Å². The highest BCUT2D eigenvalue weighted by atomic mass is 35.5. The lowest BCUT2D eigenvalue weighted by molar-refractivity contribution is -0.295. The van der Waals surface area contributed by atoms with Crippen LogP contribution in [0.3, 0.4) is 0 Å². The second-order valence-electron chi connectivity index (χ2n) is 5.11. The van der Waals surface area contributed by atoms with Crippen LogP contribution in [0.5, 0.6) is 0 Å². The zero-order valence-corrected chi connectivity index (χ0v) is 9.74. The van der Waals surface area contributed by atoms with Gasteiger partial charge in [-0.2, -0.15) is 13.2 Å². The summed E-state index contributed by atoms with van der Waals surface area (Å²) >= 11 is 6.31. The van der Waals surface area contributed by atoms with E-state index < -0.39 is 22.6 Å². The van der Waals surface area contributed by atoms with Gasteiger partial charge in [-0.05, 0) is 32.1 Å². The van der Waals surface area contributed by atoms with Crippen LogP contribution in [0.2, 0.25) is 0 Å². The average Bonchev–Trinajstić information content (AvgIpc) is 2.15. The van der Waals surface area contributed by atoms with Crippen LogP contribution >= 0.6 is 11.6 Å². The van der Waals surface area contributed by atoms with E-state index in [1.54, 1.807) is 0 Å². The van der Waals surface area contributed by atoms with E-state index in [1.807, 2.05) is 0 Å². The summed E-state index contributed by atoms with van der Waals surface area (Å²) in [5.74, 6) is -0.829. The highest BCUT2D eigenvalue weighted by Gasteiger charge is 2.64. The van der Waals surface area contributed by atoms with Crippen LogP contribution in [0.15, 0.2) is 0 Å². The summed E-state index contributed by atoms with van der Waals surface area (Å²) in [7, 11) is 0. The predicted molar refractivity (Wildman–Crippen MR) is 55.4 cm³/mol. The molecule has 0 unspecified atom stereocenters. The van der Waals surface area contributed by atoms with Gasteiger partial charge in [-0.25, -0.2) is 0 Å². The van der Waals surface area contributed by atoms with Gasteiger partial charge in [0.15, 0.2) is 5.60 Å². The van der Waals surface area contributed by atoms with Crippen molar-refractivity contribution in [3.63, 3.8) is 0 Å². The largest absolute Gasteiger partial charge is 0.417 e. The van der Waals surface area contributed by atoms with Crippen molar-refractivity contribution in [3.05, 3.63) is 0 Å². The molecule has 0 aromatic rings. The smallest absolute Gasteiger partial charge is 0.380 e. The van der Waals surface area contributed by atoms with E-state index in [1.165, 1.54) is 0 Å². The molecule has 0 saturated heterocycles. The Kier molecular flexibility index (Phi) is 2.94. The Morgan fingerprint density at radius 1 is 1.06 bits per heavy atom. The molecule has 0 aromatic heterocycles. The SMILES string of the molecule is O[C@]1(C(F)(F)F)CCC[C@@]2(Cl)CCCC[C@@H]21. The van der Waals surface area contributed by atoms with Crippen LogP contribution in [0.1, 0.15) is 44.9 Å². The first-order valence-electron chi connectivity index (χ1n) is 5.78. The summed E-state index contributed by atoms with van der Waals surface area (Å²) in [6.45, 7) is 0. The number of alkyl halides is 4. The van der Waals surface area contributed by atoms with Crippen molar-refractivity contribution >= 4 is 11.6 Å². The molecule has 5 heteroatoms. The van der Waals surface area contributed by atoms with Crippen molar-refractivity contribution in [2.24, 2.45) is 5.92 Å². The van der Waals surface area contributed by atoms with E-state index in [9.17, 15) is 18.3 Å². The van der Waals surface area contributed by atoms with Crippen LogP contribution in [-0.2, 0) is 0 Å². The van der Waals surface area contributed by atoms with Gasteiger partial charge in [-0.15, -0.1) is 11.6 Å². The van der Waals surface area contributed by atoms with E-state index in [0.717, 1.165) is 12.8 Å². The zero-order valence-electron chi connectivity index (χ0n) is 8.99. The van der Waals surface area contributed by atoms with Gasteiger partial charge >= 0.3 is 6.18 Å². The van der Waals surface area contributed by atoms with Crippen LogP contribution < -0.4 is 0 Å². The van der Waals surface area contributed by atoms with Crippen molar-refractivity contribution in [2.75, 3.05) is 0 Å². The van der Waals surface area contributed by atoms with E-state index in [2.05, 4.69) is 0 Å². The molecule has 0 spiro atoms. The molecule has 0 radical (unpaired) electrons. The maximum atomic E-state index is 13.0. The maximum Gasteiger partial charge on any atom is 0.417 e. The van der Waals surface area contributed by atoms with Gasteiger partial charge in [0.25, 0.3) is 0 Å². The normalized spacial score (nSPS) is 45.2. The average molecular weight is 257 g/mol. The lowest BCUT2D eigenvalue weighted by Crippen LogP contribution is -2.61. The van der Waals surface area contributed by atoms with Crippen LogP contribution in [0, 0.1) is 5.92 Å². The Balaban J connectivity index is 2.33. The van der Waals surface area contributed by atoms with E-state index in [-0.39, 0.29) is 6.42 Å². The third-order valence-corrected chi connectivity index (χ3v) is 4.82. The fourth-order valence-electron chi connectivity index (χ4n) is 3.33. The molecule has 2 rings (SSSR count). The first-order valence-corrected chi connectivity index (χ1v) is 6.15. The Hall–Kier alpha value is 0.0400. The number of fused-ring (bicyclic) bond motifs is 1. The lowest BCUT2D eigenvalue weighted by Gasteiger charge is -2.52. The van der Waals surface area contributed by atoms with Gasteiger partial charge in [0.1, 0.15) is 0 Å². The van der Waals surface area contributed by atoms with Gasteiger partial charge in [-0.1, -0.05) is 12.8 Å². The zero-order chi connectivity index (χ0) is 12.0. The monoisotopic (exact) mass is 256 g/mol. The van der Waals surface area contributed by atoms with Gasteiger partial charge in [0, 0.05) is 5.92 Å². The van der Waals surface area contributed by atoms with Crippen molar-refractivity contribution in [2.45, 2.75) is 61.6 Å². The number of aliphatic hydroxyl groups is 1. The summed E-state index contributed by atoms with van der Waals surface area (Å²) in [5.41, 5.74) is -2.56. The molecule has 0 bridgehead atoms. The molecule has 3 atom stereocenters. The first-order chi connectivity index (χ1) is 7.30. The molecule has 2 fully saturated rings. The minimum absolute atomic E-state index is 0.199. The fourth-order valence-corrected chi connectivity index (χ4v) is 3.89. The Labute approximate surface area is 98.0 Å². The summed E-state index contributed by atoms with van der Waals surface area (Å²) < 4.78 is 38.9. The molecule has 94 valence electrons. The number of hydrogen-bond acceptors (Lipinski definition) is 1. The molecular formula is C11H16ClF3O. The van der Waals surface area contributed by atoms with E-state index in [0.29, 0.717) is 25.7 Å². The Morgan fingerprint density at radius 3 is 2.31 bits per heavy atom. The summed E-state index contributed by atoms with van der Waals surface area (Å²) in [4.78, 5) is -0.833. The minimum Gasteiger partial charge on any atom is -0.380 e. The van der Waals surface area contributed by atoms with Gasteiger partial charge in [-0.3, -0.25) is 0 Å². The summed E-state index contributed by atoms with van der Waals surface area (Å²) in [6, 6.07) is 0. The molecule has 0 heterocycles. The molecule has 2 saturated carbocycles. The number of halogens is 4. The highest BCUT2D eigenvalue weighted by Crippen LogP contribution is 2.56. The molecular weight excluding hydrogens is 241 g/mol. The van der Waals surface area contributed by atoms with Crippen LogP contribution in [0.25, 0.3) is 0 Å². The Bertz CT molecular complexity index is 277. The molecule has 1 nitrogen and oxygen atoms in total. The third kappa shape index (κ3) is 1.74. The highest BCUT2D eigenvalue weighted by molar-refractivity contribution is 6.24. The Morgan fingerprint density at radius 2 is 1.69 bits per heavy atom. The molecule has 1 N–H and O–H groups in total. The topological polar surface area (TPSA) is 20.2 Å². The van der Waals surface area contributed by atoms with Crippen molar-refractivity contribution in [1.29, 1.82) is 0 Å². The maximum absolute atomic E-state index is 13.0. The second kappa shape index (κ2) is 3.77. The number of hydrogen-bond donors (Lipinski definition) is 1. The van der Waals surface area contributed by atoms with Gasteiger partial charge < -0.3 is 5.11 Å². The molecule has 2 aliphatic carbocycles.